The van der Waals surface area contributed by atoms with Gasteiger partial charge in [-0.3, -0.25) is 0 Å². The zero-order valence-electron chi connectivity index (χ0n) is 17.1. The minimum absolute atomic E-state index is 0.122. The Morgan fingerprint density at radius 2 is 1.68 bits per heavy atom. The number of aliphatic hydroxyl groups excluding tert-OH is 2. The van der Waals surface area contributed by atoms with Crippen molar-refractivity contribution in [2.75, 3.05) is 13.4 Å². The maximum absolute atomic E-state index is 12.8. The number of benzene rings is 3. The third-order valence-corrected chi connectivity index (χ3v) is 5.68. The van der Waals surface area contributed by atoms with Gasteiger partial charge in [0.2, 0.25) is 6.79 Å². The van der Waals surface area contributed by atoms with Gasteiger partial charge in [0, 0.05) is 16.5 Å². The number of esters is 1. The Morgan fingerprint density at radius 3 is 2.42 bits per heavy atom. The summed E-state index contributed by atoms with van der Waals surface area (Å²) in [5.74, 6) is 1.42. The summed E-state index contributed by atoms with van der Waals surface area (Å²) in [7, 11) is 0. The lowest BCUT2D eigenvalue weighted by Crippen LogP contribution is -2.05. The highest BCUT2D eigenvalue weighted by molar-refractivity contribution is 6.13. The molecule has 7 nitrogen and oxygen atoms in total. The van der Waals surface area contributed by atoms with Crippen LogP contribution in [0.1, 0.15) is 40.4 Å². The predicted octanol–water partition coefficient (Wildman–Crippen LogP) is 3.68. The first-order valence-electron chi connectivity index (χ1n) is 10.2. The van der Waals surface area contributed by atoms with E-state index in [9.17, 15) is 15.0 Å². The van der Waals surface area contributed by atoms with Gasteiger partial charge in [0.1, 0.15) is 12.4 Å². The van der Waals surface area contributed by atoms with Gasteiger partial charge >= 0.3 is 5.97 Å². The van der Waals surface area contributed by atoms with E-state index in [1.165, 1.54) is 0 Å². The van der Waals surface area contributed by atoms with Crippen LogP contribution in [0, 0.1) is 0 Å². The van der Waals surface area contributed by atoms with E-state index in [0.29, 0.717) is 51.7 Å². The van der Waals surface area contributed by atoms with Crippen LogP contribution < -0.4 is 14.2 Å². The SMILES string of the molecule is CCCOc1c2c(c(-c3ccc4c(c3)OCO4)c3cc(CO)c(CO)cc13)C(=O)OC2. The summed E-state index contributed by atoms with van der Waals surface area (Å²) in [5.41, 5.74) is 3.81. The number of aliphatic hydroxyl groups is 2. The Bertz CT molecular complexity index is 1200. The molecule has 2 heterocycles. The number of rotatable bonds is 6. The van der Waals surface area contributed by atoms with Crippen molar-refractivity contribution in [1.29, 1.82) is 0 Å². The maximum atomic E-state index is 12.8. The quantitative estimate of drug-likeness (QED) is 0.585. The lowest BCUT2D eigenvalue weighted by atomic mass is 9.87. The number of cyclic esters (lactones) is 1. The highest BCUT2D eigenvalue weighted by atomic mass is 16.7. The fourth-order valence-electron chi connectivity index (χ4n) is 4.23. The third-order valence-electron chi connectivity index (χ3n) is 5.68. The Balaban J connectivity index is 1.87. The summed E-state index contributed by atoms with van der Waals surface area (Å²) in [6.07, 6.45) is 0.802. The van der Waals surface area contributed by atoms with Crippen molar-refractivity contribution in [3.8, 4) is 28.4 Å². The van der Waals surface area contributed by atoms with Crippen molar-refractivity contribution in [2.45, 2.75) is 33.2 Å². The van der Waals surface area contributed by atoms with Crippen molar-refractivity contribution in [3.63, 3.8) is 0 Å². The van der Waals surface area contributed by atoms with E-state index in [2.05, 4.69) is 0 Å². The molecule has 0 bridgehead atoms. The van der Waals surface area contributed by atoms with Crippen LogP contribution in [0.2, 0.25) is 0 Å². The molecule has 2 aliphatic rings. The monoisotopic (exact) mass is 422 g/mol. The predicted molar refractivity (Wildman–Crippen MR) is 112 cm³/mol. The molecule has 0 aliphatic carbocycles. The molecular formula is C24H22O7. The van der Waals surface area contributed by atoms with Crippen LogP contribution in [0.3, 0.4) is 0 Å². The van der Waals surface area contributed by atoms with Crippen molar-refractivity contribution < 1.29 is 34.0 Å². The summed E-state index contributed by atoms with van der Waals surface area (Å²) in [5, 5.41) is 21.2. The van der Waals surface area contributed by atoms with Gasteiger partial charge in [-0.1, -0.05) is 13.0 Å². The van der Waals surface area contributed by atoms with E-state index in [0.717, 1.165) is 22.8 Å². The molecule has 31 heavy (non-hydrogen) atoms. The fourth-order valence-corrected chi connectivity index (χ4v) is 4.23. The lowest BCUT2D eigenvalue weighted by molar-refractivity contribution is 0.0534. The molecule has 3 aromatic carbocycles. The fraction of sp³-hybridized carbons (Fsp3) is 0.292. The molecule has 2 N–H and O–H groups in total. The Kier molecular flexibility index (Phi) is 4.92. The molecule has 5 rings (SSSR count). The number of carbonyl (C=O) groups is 1. The first kappa shape index (κ1) is 19.7. The first-order valence-corrected chi connectivity index (χ1v) is 10.2. The van der Waals surface area contributed by atoms with E-state index in [-0.39, 0.29) is 26.6 Å². The van der Waals surface area contributed by atoms with Gasteiger partial charge in [-0.05, 0) is 52.8 Å². The Morgan fingerprint density at radius 1 is 0.935 bits per heavy atom. The molecule has 0 spiro atoms. The second-order valence-electron chi connectivity index (χ2n) is 7.53. The molecule has 7 heteroatoms. The minimum atomic E-state index is -0.414. The number of fused-ring (bicyclic) bond motifs is 3. The molecule has 0 unspecified atom stereocenters. The molecule has 0 saturated carbocycles. The van der Waals surface area contributed by atoms with E-state index in [4.69, 9.17) is 18.9 Å². The second-order valence-corrected chi connectivity index (χ2v) is 7.53. The van der Waals surface area contributed by atoms with Gasteiger partial charge in [-0.2, -0.15) is 0 Å². The van der Waals surface area contributed by atoms with E-state index in [1.807, 2.05) is 37.3 Å². The van der Waals surface area contributed by atoms with Crippen molar-refractivity contribution >= 4 is 16.7 Å². The number of ether oxygens (including phenoxy) is 4. The number of hydrogen-bond acceptors (Lipinski definition) is 7. The van der Waals surface area contributed by atoms with Gasteiger partial charge in [-0.15, -0.1) is 0 Å². The maximum Gasteiger partial charge on any atom is 0.339 e. The average molecular weight is 422 g/mol. The minimum Gasteiger partial charge on any atom is -0.493 e. The summed E-state index contributed by atoms with van der Waals surface area (Å²) in [4.78, 5) is 12.8. The van der Waals surface area contributed by atoms with Gasteiger partial charge in [-0.25, -0.2) is 4.79 Å². The van der Waals surface area contributed by atoms with Crippen LogP contribution >= 0.6 is 0 Å². The molecule has 0 fully saturated rings. The molecule has 2 aliphatic heterocycles. The van der Waals surface area contributed by atoms with Gasteiger partial charge in [0.15, 0.2) is 11.5 Å². The second kappa shape index (κ2) is 7.76. The lowest BCUT2D eigenvalue weighted by Gasteiger charge is -2.19. The Labute approximate surface area is 178 Å². The van der Waals surface area contributed by atoms with E-state index >= 15 is 0 Å². The summed E-state index contributed by atoms with van der Waals surface area (Å²) >= 11 is 0. The molecule has 160 valence electrons. The molecular weight excluding hydrogens is 400 g/mol. The third kappa shape index (κ3) is 3.08. The summed E-state index contributed by atoms with van der Waals surface area (Å²) < 4.78 is 22.5. The van der Waals surface area contributed by atoms with Gasteiger partial charge in [0.25, 0.3) is 0 Å². The molecule has 0 amide bonds. The topological polar surface area (TPSA) is 94.5 Å². The molecule has 0 aromatic heterocycles. The average Bonchev–Trinajstić information content (AvgIpc) is 3.42. The van der Waals surface area contributed by atoms with Gasteiger partial charge < -0.3 is 29.2 Å². The number of hydrogen-bond donors (Lipinski definition) is 2. The first-order chi connectivity index (χ1) is 15.2. The Hall–Kier alpha value is -3.29. The van der Waals surface area contributed by atoms with E-state index in [1.54, 1.807) is 0 Å². The van der Waals surface area contributed by atoms with Crippen molar-refractivity contribution in [2.24, 2.45) is 0 Å². The zero-order chi connectivity index (χ0) is 21.5. The molecule has 0 atom stereocenters. The highest BCUT2D eigenvalue weighted by Crippen LogP contribution is 2.47. The zero-order valence-corrected chi connectivity index (χ0v) is 17.1. The standard InChI is InChI=1S/C24H22O7/c1-2-5-28-23-17-7-15(10-26)14(9-25)6-16(17)21(22-18(23)11-29-24(22)27)13-3-4-19-20(8-13)31-12-30-19/h3-4,6-8,25-26H,2,5,9-12H2,1H3. The summed E-state index contributed by atoms with van der Waals surface area (Å²) in [6, 6.07) is 9.16. The van der Waals surface area contributed by atoms with Crippen LogP contribution in [0.25, 0.3) is 21.9 Å². The van der Waals surface area contributed by atoms with Crippen LogP contribution in [0.4, 0.5) is 0 Å². The molecule has 3 aromatic rings. The smallest absolute Gasteiger partial charge is 0.339 e. The summed E-state index contributed by atoms with van der Waals surface area (Å²) in [6.45, 7) is 2.31. The molecule has 0 radical (unpaired) electrons. The molecule has 0 saturated heterocycles. The number of carbonyl (C=O) groups excluding carboxylic acids is 1. The van der Waals surface area contributed by atoms with Crippen LogP contribution in [-0.4, -0.2) is 29.6 Å². The van der Waals surface area contributed by atoms with Crippen LogP contribution in [-0.2, 0) is 24.6 Å². The van der Waals surface area contributed by atoms with Crippen molar-refractivity contribution in [3.05, 3.63) is 52.6 Å². The highest BCUT2D eigenvalue weighted by Gasteiger charge is 2.33. The van der Waals surface area contributed by atoms with Crippen LogP contribution in [0.5, 0.6) is 17.2 Å². The van der Waals surface area contributed by atoms with Crippen LogP contribution in [0.15, 0.2) is 30.3 Å². The van der Waals surface area contributed by atoms with Gasteiger partial charge in [0.05, 0.1) is 25.4 Å². The van der Waals surface area contributed by atoms with E-state index < -0.39 is 5.97 Å². The van der Waals surface area contributed by atoms with Crippen molar-refractivity contribution in [1.82, 2.24) is 0 Å². The largest absolute Gasteiger partial charge is 0.493 e. The normalized spacial score (nSPS) is 14.1.